The van der Waals surface area contributed by atoms with Crippen LogP contribution < -0.4 is 76.1 Å². The first-order valence-corrected chi connectivity index (χ1v) is 45.9. The number of rotatable bonds is 24. The molecule has 3 aliphatic rings. The van der Waals surface area contributed by atoms with Gasteiger partial charge in [-0.3, -0.25) is 86.3 Å². The molecule has 0 radical (unpaired) electrons. The summed E-state index contributed by atoms with van der Waals surface area (Å²) in [6, 6.07) is 5.40. The van der Waals surface area contributed by atoms with Gasteiger partial charge in [0.25, 0.3) is 0 Å². The van der Waals surface area contributed by atoms with Crippen molar-refractivity contribution in [1.82, 2.24) is 97.6 Å². The zero-order chi connectivity index (χ0) is 98.7. The number of benzene rings is 4. The molecule has 0 aliphatic carbocycles. The third kappa shape index (κ3) is 27.9. The second kappa shape index (κ2) is 49.1. The largest absolute Gasteiger partial charge is 0.508 e. The molecule has 136 heavy (non-hydrogen) atoms. The predicted molar refractivity (Wildman–Crippen MR) is 494 cm³/mol. The number of aromatic nitrogens is 4. The number of phenols is 1. The van der Waals surface area contributed by atoms with E-state index in [0.29, 0.717) is 56.9 Å². The molecule has 0 saturated carbocycles. The van der Waals surface area contributed by atoms with Gasteiger partial charge in [-0.2, -0.15) is 0 Å². The number of unbranched alkanes of at least 4 members (excludes halogenated alkanes) is 1. The molecule has 10 rings (SSSR count). The molecule has 17 amide bonds. The molecule has 730 valence electrons. The van der Waals surface area contributed by atoms with Gasteiger partial charge in [-0.1, -0.05) is 98.6 Å². The van der Waals surface area contributed by atoms with Gasteiger partial charge in [-0.25, -0.2) is 4.98 Å². The number of amides is 17. The SMILES string of the molecule is CCCC[C@H]1C(=O)N[C@@H](CN)C(=O)N[C@H](C(=O)NCC(N)=O)CSCC(=O)N[C@@H](Cc2ccc(O)cc2)C(=O)N(C)[C@@H](C)C(=O)N[C@@H](CC(N)=O)C(=O)N2CCC[C@H]2C(=O)N[C@@H](Cc2c[nH]cn2)C(=O)N[C@@H](CCC(=O)O)C(=O)N2C[C@H](O)C[C@H]2C(=O)N[C@@H](Cc2c[nH]c3ccccc23)C(=O)N[C@@H](CCN)C(=O)N[C@@H](Cc2c[nH]c3ccccc23)C(=O)N(C)[C@@H](Cc2ccccc2)C(=O)N1C. The Morgan fingerprint density at radius 3 is 1.68 bits per heavy atom. The standard InChI is InChI=1S/C91H119N23O21S/c1-6-7-22-70-84(128)108-68(40-93)83(127)109-69(79(123)99-44-75(95)118)46-136-47-76(119)101-65(33-51-24-26-55(115)27-25-51)87(131)110(3)49(2)78(122)106-67(39-74(94)117)90(134)113-32-15-23-71(113)85(129)105-64(37-54-43-96-48-100-54)82(126)103-62(28-29-77(120)121)89(133)114-45-56(116)38-72(114)86(130)104-63(35-52-41-97-59-20-13-11-18-57(52)59)81(125)102-61(30-31-92)80(124)107-66(36-53-42-98-60-21-14-12-19-58(53)60)88(132)112(5)73(91(135)111(70)4)34-50-16-9-8-10-17-50/h8-14,16-21,24-27,41-43,48-49,56,61-73,97-98,115-116H,6-7,15,22-23,28-40,44-47,92-93H2,1-5H3,(H2,94,117)(H2,95,118)(H,96,100)(H,99,123)(H,101,119)(H,102,125)(H,103,126)(H,104,130)(H,105,129)(H,106,122)(H,107,124)(H,108,128)(H,109,127)(H,120,121)/t49-,56+,61-,62-,63-,64-,65-,66-,67-,68-,69-,70-,71-,72-,73-/m0/s1. The van der Waals surface area contributed by atoms with E-state index in [9.17, 15) is 63.3 Å². The van der Waals surface area contributed by atoms with Crippen molar-refractivity contribution in [2.24, 2.45) is 22.9 Å². The molecule has 0 unspecified atom stereocenters. The minimum absolute atomic E-state index is 0.0421. The quantitative estimate of drug-likeness (QED) is 0.0274. The molecule has 0 spiro atoms. The Labute approximate surface area is 786 Å². The van der Waals surface area contributed by atoms with Gasteiger partial charge in [-0.15, -0.1) is 11.8 Å². The normalized spacial score (nSPS) is 24.6. The number of likely N-dealkylation sites (N-methyl/N-ethyl adjacent to an activating group) is 3. The van der Waals surface area contributed by atoms with E-state index in [1.807, 2.05) is 6.92 Å². The minimum atomic E-state index is -1.85. The third-order valence-corrected chi connectivity index (χ3v) is 25.2. The number of hydrogen-bond donors (Lipinski definition) is 20. The zero-order valence-corrected chi connectivity index (χ0v) is 76.7. The van der Waals surface area contributed by atoms with E-state index in [0.717, 1.165) is 36.3 Å². The Bertz CT molecular complexity index is 5470. The number of aromatic hydroxyl groups is 1. The summed E-state index contributed by atoms with van der Waals surface area (Å²) in [5, 5.41) is 59.1. The summed E-state index contributed by atoms with van der Waals surface area (Å²) in [5.41, 5.74) is 26.9. The van der Waals surface area contributed by atoms with Crippen LogP contribution in [0.4, 0.5) is 0 Å². The average Bonchev–Trinajstić information content (AvgIpc) is 1.46. The summed E-state index contributed by atoms with van der Waals surface area (Å²) < 4.78 is 0. The van der Waals surface area contributed by atoms with Crippen LogP contribution >= 0.6 is 11.8 Å². The number of nitrogens with one attached hydrogen (secondary N) is 13. The summed E-state index contributed by atoms with van der Waals surface area (Å²) in [6.45, 7) is 0.682. The van der Waals surface area contributed by atoms with Crippen molar-refractivity contribution in [3.05, 3.63) is 156 Å². The van der Waals surface area contributed by atoms with E-state index in [2.05, 4.69) is 73.1 Å². The molecule has 24 N–H and O–H groups in total. The summed E-state index contributed by atoms with van der Waals surface area (Å²) >= 11 is 0.745. The van der Waals surface area contributed by atoms with E-state index in [-0.39, 0.29) is 75.9 Å². The molecule has 15 atom stereocenters. The molecule has 3 saturated heterocycles. The number of hydrogen-bond acceptors (Lipinski definition) is 24. The Balaban J connectivity index is 1.03. The highest BCUT2D eigenvalue weighted by Crippen LogP contribution is 2.28. The van der Waals surface area contributed by atoms with Crippen molar-refractivity contribution in [2.45, 2.75) is 201 Å². The lowest BCUT2D eigenvalue weighted by Crippen LogP contribution is -2.62. The van der Waals surface area contributed by atoms with Crippen LogP contribution in [0.2, 0.25) is 0 Å². The maximum atomic E-state index is 16.0. The van der Waals surface area contributed by atoms with Crippen LogP contribution in [0.25, 0.3) is 21.8 Å². The number of primary amides is 2. The number of carboxylic acid groups (broad SMARTS) is 1. The van der Waals surface area contributed by atoms with Crippen LogP contribution in [0, 0.1) is 0 Å². The Kier molecular flexibility index (Phi) is 37.4. The van der Waals surface area contributed by atoms with Crippen molar-refractivity contribution >= 4 is 140 Å². The molecule has 7 aromatic rings. The average molecular weight is 1900 g/mol. The van der Waals surface area contributed by atoms with Gasteiger partial charge in [-0.05, 0) is 92.1 Å². The van der Waals surface area contributed by atoms with Crippen molar-refractivity contribution in [1.29, 1.82) is 0 Å². The molecule has 6 heterocycles. The van der Waals surface area contributed by atoms with E-state index >= 15 is 38.4 Å². The number of aliphatic hydroxyl groups excluding tert-OH is 1. The van der Waals surface area contributed by atoms with Crippen LogP contribution in [0.3, 0.4) is 0 Å². The number of carboxylic acids is 1. The van der Waals surface area contributed by atoms with Gasteiger partial charge in [0.1, 0.15) is 90.3 Å². The number of para-hydroxylation sites is 2. The Hall–Kier alpha value is -14.3. The Morgan fingerprint density at radius 2 is 1.07 bits per heavy atom. The smallest absolute Gasteiger partial charge is 0.303 e. The molecule has 0 bridgehead atoms. The lowest BCUT2D eigenvalue weighted by atomic mass is 9.98. The molecule has 3 fully saturated rings. The molecule has 4 aromatic carbocycles. The highest BCUT2D eigenvalue weighted by molar-refractivity contribution is 8.00. The van der Waals surface area contributed by atoms with Gasteiger partial charge in [0.2, 0.25) is 100 Å². The number of nitrogens with zero attached hydrogens (tertiary/aromatic N) is 6. The fourth-order valence-corrected chi connectivity index (χ4v) is 17.5. The summed E-state index contributed by atoms with van der Waals surface area (Å²) in [5.74, 6) is -19.4. The number of aromatic amines is 3. The first-order valence-electron chi connectivity index (χ1n) is 44.7. The molecule has 3 aliphatic heterocycles. The van der Waals surface area contributed by atoms with Crippen molar-refractivity contribution in [3.63, 3.8) is 0 Å². The van der Waals surface area contributed by atoms with Crippen LogP contribution in [0.1, 0.15) is 106 Å². The lowest BCUT2D eigenvalue weighted by molar-refractivity contribution is -0.149. The van der Waals surface area contributed by atoms with Crippen molar-refractivity contribution in [3.8, 4) is 5.75 Å². The monoisotopic (exact) mass is 1900 g/mol. The first kappa shape index (κ1) is 104. The van der Waals surface area contributed by atoms with E-state index < -0.39 is 260 Å². The van der Waals surface area contributed by atoms with E-state index in [1.165, 1.54) is 64.9 Å². The molecule has 3 aromatic heterocycles. The highest BCUT2D eigenvalue weighted by atomic mass is 32.2. The molecule has 45 heteroatoms. The molecular formula is C91H119N23O21S. The van der Waals surface area contributed by atoms with Gasteiger partial charge in [0, 0.05) is 132 Å². The maximum Gasteiger partial charge on any atom is 0.303 e. The predicted octanol–water partition coefficient (Wildman–Crippen LogP) is -4.01. The maximum absolute atomic E-state index is 16.0. The molecular weight excluding hydrogens is 1780 g/mol. The zero-order valence-electron chi connectivity index (χ0n) is 75.9. The molecule has 44 nitrogen and oxygen atoms in total. The topological polar surface area (TPSA) is 669 Å². The van der Waals surface area contributed by atoms with E-state index in [4.69, 9.17) is 22.9 Å². The van der Waals surface area contributed by atoms with Gasteiger partial charge >= 0.3 is 5.97 Å². The number of thioether (sulfide) groups is 1. The van der Waals surface area contributed by atoms with Gasteiger partial charge in [0.15, 0.2) is 0 Å². The van der Waals surface area contributed by atoms with Crippen LogP contribution in [-0.4, -0.2) is 322 Å². The number of carbonyl (C=O) groups is 18. The first-order chi connectivity index (χ1) is 64.9. The fraction of sp³-hybridized carbons (Fsp3) is 0.462. The minimum Gasteiger partial charge on any atom is -0.508 e. The number of H-pyrrole nitrogens is 3. The number of nitrogens with two attached hydrogens (primary N) is 4. The van der Waals surface area contributed by atoms with Gasteiger partial charge < -0.3 is 131 Å². The number of phenolic OH excluding ortho intramolecular Hbond substituents is 1. The summed E-state index contributed by atoms with van der Waals surface area (Å²) in [4.78, 5) is 281. The number of fused-ring (bicyclic) bond motifs is 4. The highest BCUT2D eigenvalue weighted by Gasteiger charge is 2.47. The fourth-order valence-electron chi connectivity index (χ4n) is 16.6. The van der Waals surface area contributed by atoms with Crippen LogP contribution in [0.5, 0.6) is 5.75 Å². The second-order valence-electron chi connectivity index (χ2n) is 34.0. The number of aliphatic hydroxyl groups is 1. The third-order valence-electron chi connectivity index (χ3n) is 24.2. The Morgan fingerprint density at radius 1 is 0.522 bits per heavy atom. The summed E-state index contributed by atoms with van der Waals surface area (Å²) in [7, 11) is 3.85. The number of aliphatic carboxylic acids is 1. The summed E-state index contributed by atoms with van der Waals surface area (Å²) in [6.07, 6.45) is 0.587. The van der Waals surface area contributed by atoms with Crippen molar-refractivity contribution in [2.75, 3.05) is 65.4 Å². The van der Waals surface area contributed by atoms with E-state index in [1.54, 1.807) is 91.3 Å². The number of carbonyl (C=O) groups excluding carboxylic acids is 17. The lowest BCUT2D eigenvalue weighted by Gasteiger charge is -2.36. The van der Waals surface area contributed by atoms with Gasteiger partial charge in [0.05, 0.1) is 36.8 Å². The number of imidazole rings is 1. The van der Waals surface area contributed by atoms with Crippen LogP contribution in [-0.2, 0) is 118 Å². The van der Waals surface area contributed by atoms with Crippen molar-refractivity contribution < 1.29 is 102 Å². The van der Waals surface area contributed by atoms with Crippen LogP contribution in [0.15, 0.2) is 128 Å². The second-order valence-corrected chi connectivity index (χ2v) is 35.0.